The number of nitrogens with zero attached hydrogens (tertiary/aromatic N) is 6. The number of hydrogen-bond acceptors (Lipinski definition) is 5. The molecular weight excluding hydrogens is 510 g/mol. The lowest BCUT2D eigenvalue weighted by molar-refractivity contribution is 0.335. The topological polar surface area (TPSA) is 70.7 Å². The van der Waals surface area contributed by atoms with Crippen molar-refractivity contribution in [1.82, 2.24) is 29.3 Å². The van der Waals surface area contributed by atoms with Crippen molar-refractivity contribution in [1.29, 1.82) is 0 Å². The molecule has 1 atom stereocenters. The van der Waals surface area contributed by atoms with Crippen LogP contribution in [0, 0.1) is 0 Å². The van der Waals surface area contributed by atoms with Crippen LogP contribution in [0.4, 0.5) is 0 Å². The summed E-state index contributed by atoms with van der Waals surface area (Å²) in [6.07, 6.45) is 7.51. The van der Waals surface area contributed by atoms with E-state index in [4.69, 9.17) is 9.51 Å². The van der Waals surface area contributed by atoms with Gasteiger partial charge in [-0.3, -0.25) is 9.67 Å². The molecule has 0 aliphatic heterocycles. The Kier molecular flexibility index (Phi) is 5.70. The van der Waals surface area contributed by atoms with E-state index in [9.17, 15) is 0 Å². The number of rotatable bonds is 7. The third-order valence-corrected chi connectivity index (χ3v) is 6.14. The highest BCUT2D eigenvalue weighted by molar-refractivity contribution is 14.2. The molecule has 0 radical (unpaired) electrons. The van der Waals surface area contributed by atoms with Crippen molar-refractivity contribution >= 4 is 50.6 Å². The van der Waals surface area contributed by atoms with Crippen LogP contribution in [0.2, 0.25) is 0 Å². The van der Waals surface area contributed by atoms with Crippen molar-refractivity contribution in [3.05, 3.63) is 72.9 Å². The van der Waals surface area contributed by atoms with Crippen molar-refractivity contribution in [3.63, 3.8) is 0 Å². The number of hydrogen-bond donors (Lipinski definition) is 0. The summed E-state index contributed by atoms with van der Waals surface area (Å²) < 4.78 is 9.39. The minimum atomic E-state index is 0.466. The molecule has 5 aromatic rings. The molecule has 0 saturated heterocycles. The van der Waals surface area contributed by atoms with E-state index in [1.165, 1.54) is 5.56 Å². The molecule has 0 bridgehead atoms. The molecular formula is C21H18IN6OP. The van der Waals surface area contributed by atoms with E-state index in [0.29, 0.717) is 19.6 Å². The number of pyridine rings is 2. The molecule has 1 unspecified atom stereocenters. The molecule has 0 spiro atoms. The minimum absolute atomic E-state index is 0.466. The molecule has 9 heteroatoms. The fourth-order valence-electron chi connectivity index (χ4n) is 3.43. The molecule has 0 aliphatic rings. The summed E-state index contributed by atoms with van der Waals surface area (Å²) in [5.41, 5.74) is 5.79. The predicted octanol–water partition coefficient (Wildman–Crippen LogP) is 4.85. The van der Waals surface area contributed by atoms with Crippen molar-refractivity contribution in [2.24, 2.45) is 0 Å². The van der Waals surface area contributed by atoms with Gasteiger partial charge >= 0.3 is 0 Å². The van der Waals surface area contributed by atoms with Gasteiger partial charge in [0.05, 0.1) is 49.9 Å². The molecule has 0 saturated carbocycles. The quantitative estimate of drug-likeness (QED) is 0.172. The zero-order valence-corrected chi connectivity index (χ0v) is 19.1. The molecule has 4 heterocycles. The van der Waals surface area contributed by atoms with Gasteiger partial charge in [-0.05, 0) is 57.9 Å². The summed E-state index contributed by atoms with van der Waals surface area (Å²) in [6, 6.07) is 14.4. The first kappa shape index (κ1) is 19.5. The number of imidazole rings is 1. The summed E-state index contributed by atoms with van der Waals surface area (Å²) in [5, 5.41) is 5.55. The maximum Gasteiger partial charge on any atom is 0.160 e. The summed E-state index contributed by atoms with van der Waals surface area (Å²) in [4.78, 5) is 13.8. The van der Waals surface area contributed by atoms with Gasteiger partial charge in [-0.25, -0.2) is 9.97 Å². The van der Waals surface area contributed by atoms with Crippen LogP contribution in [0.25, 0.3) is 33.3 Å². The van der Waals surface area contributed by atoms with Crippen LogP contribution >= 0.6 is 28.5 Å². The van der Waals surface area contributed by atoms with Crippen molar-refractivity contribution in [2.75, 3.05) is 6.61 Å². The van der Waals surface area contributed by atoms with Crippen LogP contribution in [-0.4, -0.2) is 35.9 Å². The molecule has 0 N–H and O–H groups in total. The average Bonchev–Trinajstić information content (AvgIpc) is 3.41. The van der Waals surface area contributed by atoms with Crippen LogP contribution in [0.3, 0.4) is 0 Å². The number of aromatic nitrogens is 6. The van der Waals surface area contributed by atoms with E-state index < -0.39 is 0 Å². The third kappa shape index (κ3) is 4.08. The van der Waals surface area contributed by atoms with Gasteiger partial charge in [0.1, 0.15) is 5.52 Å². The maximum absolute atomic E-state index is 5.42. The van der Waals surface area contributed by atoms with Gasteiger partial charge in [-0.2, -0.15) is 5.10 Å². The first-order chi connectivity index (χ1) is 14.8. The fourth-order valence-corrected chi connectivity index (χ4v) is 4.26. The molecule has 5 rings (SSSR count). The normalized spacial score (nSPS) is 11.9. The molecule has 1 aromatic carbocycles. The van der Waals surface area contributed by atoms with Crippen LogP contribution in [0.5, 0.6) is 0 Å². The Bertz CT molecular complexity index is 1320. The Hall–Kier alpha value is -2.42. The van der Waals surface area contributed by atoms with E-state index in [-0.39, 0.29) is 0 Å². The monoisotopic (exact) mass is 528 g/mol. The lowest BCUT2D eigenvalue weighted by Crippen LogP contribution is -2.02. The van der Waals surface area contributed by atoms with Crippen LogP contribution in [0.15, 0.2) is 67.4 Å². The molecule has 0 amide bonds. The van der Waals surface area contributed by atoms with Gasteiger partial charge < -0.3 is 9.09 Å². The second kappa shape index (κ2) is 8.75. The number of fused-ring (bicyclic) bond motifs is 2. The summed E-state index contributed by atoms with van der Waals surface area (Å²) in [7, 11) is 0. The zero-order chi connectivity index (χ0) is 20.3. The van der Waals surface area contributed by atoms with Crippen molar-refractivity contribution < 1.29 is 4.52 Å². The molecule has 4 aromatic heterocycles. The maximum atomic E-state index is 5.42. The lowest BCUT2D eigenvalue weighted by Gasteiger charge is -2.06. The summed E-state index contributed by atoms with van der Waals surface area (Å²) in [6.45, 7) is 2.55. The Morgan fingerprint density at radius 3 is 2.93 bits per heavy atom. The highest BCUT2D eigenvalue weighted by Gasteiger charge is 2.10. The Balaban J connectivity index is 1.42. The zero-order valence-electron chi connectivity index (χ0n) is 15.9. The van der Waals surface area contributed by atoms with E-state index in [0.717, 1.165) is 39.9 Å². The van der Waals surface area contributed by atoms with E-state index in [1.807, 2.05) is 47.8 Å². The second-order valence-electron chi connectivity index (χ2n) is 6.86. The molecule has 7 nitrogen and oxygen atoms in total. The Morgan fingerprint density at radius 2 is 2.00 bits per heavy atom. The SMILES string of the molecule is IPOCCn1cc(-c2ccc3ncn(Cc4ccc5ncccc5c4)c3n2)cn1. The molecule has 30 heavy (non-hydrogen) atoms. The Labute approximate surface area is 187 Å². The molecule has 0 aliphatic carbocycles. The fraction of sp³-hybridized carbons (Fsp3) is 0.143. The number of benzene rings is 1. The standard InChI is InChI=1S/C21H18IN6OP/c22-30-29-9-8-28-13-17(11-25-28)19-5-6-20-21(26-19)27(14-24-20)12-15-3-4-18-16(10-15)2-1-7-23-18/h1-7,10-11,13-14,30H,8-9,12H2. The second-order valence-corrected chi connectivity index (χ2v) is 8.62. The van der Waals surface area contributed by atoms with Gasteiger partial charge in [0.15, 0.2) is 5.65 Å². The Morgan fingerprint density at radius 1 is 1.07 bits per heavy atom. The summed E-state index contributed by atoms with van der Waals surface area (Å²) in [5.74, 6) is 0. The first-order valence-electron chi connectivity index (χ1n) is 9.46. The highest BCUT2D eigenvalue weighted by Crippen LogP contribution is 2.23. The van der Waals surface area contributed by atoms with Crippen LogP contribution < -0.4 is 0 Å². The van der Waals surface area contributed by atoms with Crippen LogP contribution in [-0.2, 0) is 17.6 Å². The lowest BCUT2D eigenvalue weighted by atomic mass is 10.1. The van der Waals surface area contributed by atoms with Crippen LogP contribution in [0.1, 0.15) is 5.56 Å². The van der Waals surface area contributed by atoms with Gasteiger partial charge in [0, 0.05) is 23.3 Å². The van der Waals surface area contributed by atoms with Crippen molar-refractivity contribution in [2.45, 2.75) is 13.1 Å². The van der Waals surface area contributed by atoms with Crippen molar-refractivity contribution in [3.8, 4) is 11.3 Å². The van der Waals surface area contributed by atoms with Gasteiger partial charge in [0.25, 0.3) is 0 Å². The summed E-state index contributed by atoms with van der Waals surface area (Å²) >= 11 is 2.22. The highest BCUT2D eigenvalue weighted by atomic mass is 127. The van der Waals surface area contributed by atoms with E-state index in [2.05, 4.69) is 65.9 Å². The smallest absolute Gasteiger partial charge is 0.160 e. The van der Waals surface area contributed by atoms with Gasteiger partial charge in [-0.15, -0.1) is 0 Å². The molecule has 0 fully saturated rings. The third-order valence-electron chi connectivity index (χ3n) is 4.89. The molecule has 150 valence electrons. The number of halogens is 1. The largest absolute Gasteiger partial charge is 0.350 e. The minimum Gasteiger partial charge on any atom is -0.350 e. The van der Waals surface area contributed by atoms with E-state index in [1.54, 1.807) is 0 Å². The van der Waals surface area contributed by atoms with Gasteiger partial charge in [0.2, 0.25) is 0 Å². The van der Waals surface area contributed by atoms with Gasteiger partial charge in [-0.1, -0.05) is 12.1 Å². The average molecular weight is 528 g/mol. The first-order valence-corrected chi connectivity index (χ1v) is 13.5. The predicted molar refractivity (Wildman–Crippen MR) is 128 cm³/mol. The van der Waals surface area contributed by atoms with E-state index >= 15 is 0 Å².